The van der Waals surface area contributed by atoms with Gasteiger partial charge in [-0.15, -0.1) is 7.94 Å². The first-order valence-corrected chi connectivity index (χ1v) is 6.92. The van der Waals surface area contributed by atoms with Gasteiger partial charge in [-0.1, -0.05) is 0 Å². The monoisotopic (exact) mass is 414 g/mol. The van der Waals surface area contributed by atoms with Crippen molar-refractivity contribution in [1.29, 1.82) is 0 Å². The Bertz CT molecular complexity index is 342. The van der Waals surface area contributed by atoms with Crippen LogP contribution in [0.1, 0.15) is 0 Å². The fourth-order valence-electron chi connectivity index (χ4n) is 0.727. The number of hydrogen-bond donors (Lipinski definition) is 0. The van der Waals surface area contributed by atoms with Gasteiger partial charge in [0.25, 0.3) is 0 Å². The van der Waals surface area contributed by atoms with Crippen LogP contribution in [0.15, 0.2) is 25.6 Å². The fraction of sp³-hybridized carbons (Fsp3) is 0. The zero-order valence-electron chi connectivity index (χ0n) is 6.67. The molecule has 0 heterocycles. The van der Waals surface area contributed by atoms with Gasteiger partial charge < -0.3 is 14.7 Å². The normalized spacial score (nSPS) is 11.0. The summed E-state index contributed by atoms with van der Waals surface area (Å²) in [6, 6.07) is 2.74. The quantitative estimate of drug-likeness (QED) is 0.369. The minimum atomic E-state index is -4.70. The van der Waals surface area contributed by atoms with E-state index in [2.05, 4.69) is 47.8 Å². The average molecular weight is 417 g/mol. The van der Waals surface area contributed by atoms with E-state index >= 15 is 0 Å². The molecule has 0 aliphatic rings. The van der Waals surface area contributed by atoms with Crippen molar-refractivity contribution < 1.29 is 14.7 Å². The van der Waals surface area contributed by atoms with E-state index in [4.69, 9.17) is 0 Å². The zero-order valence-corrected chi connectivity index (χ0v) is 13.7. The van der Waals surface area contributed by atoms with Crippen LogP contribution in [0.5, 0.6) is 0 Å². The summed E-state index contributed by atoms with van der Waals surface area (Å²) in [7, 11) is -4.70. The first-order chi connectivity index (χ1) is 5.84. The summed E-state index contributed by atoms with van der Waals surface area (Å²) >= 11 is 9.32. The third kappa shape index (κ3) is 3.64. The van der Waals surface area contributed by atoms with Crippen LogP contribution in [0, 0.1) is 0 Å². The molecule has 14 heavy (non-hydrogen) atoms. The van der Waals surface area contributed by atoms with Gasteiger partial charge >= 0.3 is 23.1 Å². The molecule has 1 aromatic rings. The van der Waals surface area contributed by atoms with Crippen LogP contribution in [-0.2, 0) is 0 Å². The second-order valence-corrected chi connectivity index (χ2v) is 6.11. The van der Waals surface area contributed by atoms with Crippen molar-refractivity contribution in [2.75, 3.05) is 0 Å². The van der Waals surface area contributed by atoms with Gasteiger partial charge in [-0.25, -0.2) is 0 Å². The third-order valence-electron chi connectivity index (χ3n) is 1.31. The number of benzene rings is 1. The maximum absolute atomic E-state index is 10.7. The predicted molar refractivity (Wildman–Crippen MR) is 61.9 cm³/mol. The summed E-state index contributed by atoms with van der Waals surface area (Å²) < 4.78 is 1.43. The zero-order chi connectivity index (χ0) is 10.2. The molecule has 1 rings (SSSR count). The van der Waals surface area contributed by atoms with Crippen molar-refractivity contribution >= 4 is 84.1 Å². The summed E-state index contributed by atoms with van der Waals surface area (Å²) in [5.41, 5.74) is 0. The first-order valence-electron chi connectivity index (χ1n) is 3.00. The molecule has 0 amide bonds. The van der Waals surface area contributed by atoms with Crippen LogP contribution in [0.3, 0.4) is 0 Å². The van der Waals surface area contributed by atoms with E-state index in [-0.39, 0.29) is 32.8 Å². The molecule has 0 spiro atoms. The van der Waals surface area contributed by atoms with E-state index in [9.17, 15) is 14.7 Å². The van der Waals surface area contributed by atoms with Crippen molar-refractivity contribution in [3.63, 3.8) is 0 Å². The molecular weight excluding hydrogens is 415 g/mol. The maximum Gasteiger partial charge on any atom is 2.00 e. The molecule has 3 nitrogen and oxygen atoms in total. The van der Waals surface area contributed by atoms with Crippen molar-refractivity contribution in [2.24, 2.45) is 0 Å². The second-order valence-electron chi connectivity index (χ2n) is 2.19. The standard InChI is InChI=1S/C6H4Br3O3P.Mg/c7-3-1-2-4(13(10,11)12)6(9)5(3)8;/h1-2H,(H2,10,11,12);/q;+2/p-2. The van der Waals surface area contributed by atoms with Crippen LogP contribution in [-0.4, -0.2) is 23.1 Å². The van der Waals surface area contributed by atoms with Gasteiger partial charge in [-0.3, -0.25) is 0 Å². The molecule has 0 aromatic heterocycles. The molecular formula is C6H2Br3MgO3P. The molecule has 8 heteroatoms. The van der Waals surface area contributed by atoms with Crippen molar-refractivity contribution in [3.05, 3.63) is 25.6 Å². The Hall–Kier alpha value is 1.74. The Balaban J connectivity index is 0.00000169. The fourth-order valence-corrected chi connectivity index (χ4v) is 3.43. The van der Waals surface area contributed by atoms with Crippen LogP contribution < -0.4 is 20.0 Å². The Kier molecular flexibility index (Phi) is 6.61. The molecule has 0 bridgehead atoms. The van der Waals surface area contributed by atoms with Gasteiger partial charge in [-0.05, 0) is 59.9 Å². The Morgan fingerprint density at radius 1 is 0.929 bits per heavy atom. The Morgan fingerprint density at radius 2 is 1.43 bits per heavy atom. The van der Waals surface area contributed by atoms with E-state index in [1.165, 1.54) is 12.1 Å². The SMILES string of the molecule is [Mg+2].[O-][P+]([O-])([O-])c1ccc(Br)c(Br)c1Br. The molecule has 0 atom stereocenters. The van der Waals surface area contributed by atoms with Crippen molar-refractivity contribution in [3.8, 4) is 0 Å². The van der Waals surface area contributed by atoms with Gasteiger partial charge in [0.2, 0.25) is 0 Å². The first kappa shape index (κ1) is 15.7. The smallest absolute Gasteiger partial charge is 0.683 e. The van der Waals surface area contributed by atoms with Gasteiger partial charge in [0, 0.05) is 8.95 Å². The molecule has 0 N–H and O–H groups in total. The topological polar surface area (TPSA) is 69.2 Å². The van der Waals surface area contributed by atoms with Gasteiger partial charge in [-0.2, -0.15) is 0 Å². The summed E-state index contributed by atoms with van der Waals surface area (Å²) in [5.74, 6) is 0. The van der Waals surface area contributed by atoms with E-state index in [0.717, 1.165) is 0 Å². The van der Waals surface area contributed by atoms with E-state index in [1.54, 1.807) is 0 Å². The Labute approximate surface area is 123 Å². The third-order valence-corrected chi connectivity index (χ3v) is 5.95. The largest absolute Gasteiger partial charge is 2.00 e. The Morgan fingerprint density at radius 3 is 1.86 bits per heavy atom. The minimum absolute atomic E-state index is 0. The van der Waals surface area contributed by atoms with Gasteiger partial charge in [0.1, 0.15) is 0 Å². The van der Waals surface area contributed by atoms with Crippen molar-refractivity contribution in [1.82, 2.24) is 0 Å². The average Bonchev–Trinajstić information content (AvgIpc) is 1.98. The molecule has 0 saturated carbocycles. The summed E-state index contributed by atoms with van der Waals surface area (Å²) in [4.78, 5) is 32.2. The molecule has 0 radical (unpaired) electrons. The van der Waals surface area contributed by atoms with E-state index in [1.807, 2.05) is 0 Å². The number of halogens is 3. The molecule has 0 aliphatic carbocycles. The molecule has 0 saturated heterocycles. The molecule has 72 valence electrons. The van der Waals surface area contributed by atoms with Gasteiger partial charge in [0.05, 0.1) is 9.78 Å². The van der Waals surface area contributed by atoms with Crippen LogP contribution in [0.2, 0.25) is 0 Å². The van der Waals surface area contributed by atoms with Crippen LogP contribution >= 0.6 is 55.7 Å². The predicted octanol–water partition coefficient (Wildman–Crippen LogP) is 0.0621. The van der Waals surface area contributed by atoms with Crippen molar-refractivity contribution in [2.45, 2.75) is 0 Å². The summed E-state index contributed by atoms with van der Waals surface area (Å²) in [5, 5.41) is -0.248. The number of hydrogen-bond acceptors (Lipinski definition) is 3. The minimum Gasteiger partial charge on any atom is -0.683 e. The van der Waals surface area contributed by atoms with E-state index < -0.39 is 7.94 Å². The molecule has 0 aliphatic heterocycles. The van der Waals surface area contributed by atoms with Crippen LogP contribution in [0.25, 0.3) is 0 Å². The molecule has 0 unspecified atom stereocenters. The van der Waals surface area contributed by atoms with Crippen LogP contribution in [0.4, 0.5) is 0 Å². The second kappa shape index (κ2) is 5.89. The molecule has 0 fully saturated rings. The maximum atomic E-state index is 10.7. The summed E-state index contributed by atoms with van der Waals surface area (Å²) in [6.45, 7) is 0. The van der Waals surface area contributed by atoms with Gasteiger partial charge in [0.15, 0.2) is 0 Å². The summed E-state index contributed by atoms with van der Waals surface area (Å²) in [6.07, 6.45) is 0. The van der Waals surface area contributed by atoms with E-state index in [0.29, 0.717) is 8.95 Å². The number of rotatable bonds is 1. The molecule has 1 aromatic carbocycles.